The van der Waals surface area contributed by atoms with E-state index in [2.05, 4.69) is 6.92 Å². The van der Waals surface area contributed by atoms with Gasteiger partial charge in [-0.25, -0.2) is 4.79 Å². The number of carbonyl (C=O) groups is 1. The molecule has 1 N–H and O–H groups in total. The van der Waals surface area contributed by atoms with E-state index in [9.17, 15) is 9.90 Å². The highest BCUT2D eigenvalue weighted by atomic mass is 16.6. The molecule has 1 saturated carbocycles. The normalized spacial score (nSPS) is 31.5. The number of ether oxygens (including phenoxy) is 2. The lowest BCUT2D eigenvalue weighted by Gasteiger charge is -2.43. The molecule has 1 amide bonds. The smallest absolute Gasteiger partial charge is 0.415 e. The highest BCUT2D eigenvalue weighted by molar-refractivity contribution is 5.75. The van der Waals surface area contributed by atoms with Crippen molar-refractivity contribution in [1.29, 1.82) is 0 Å². The van der Waals surface area contributed by atoms with Gasteiger partial charge in [-0.1, -0.05) is 25.5 Å². The molecule has 1 aromatic rings. The maximum absolute atomic E-state index is 12.2. The first-order valence-corrected chi connectivity index (χ1v) is 7.84. The molecule has 2 aliphatic rings. The summed E-state index contributed by atoms with van der Waals surface area (Å²) in [7, 11) is 3.30. The van der Waals surface area contributed by atoms with Gasteiger partial charge in [0.05, 0.1) is 19.3 Å². The van der Waals surface area contributed by atoms with E-state index in [-0.39, 0.29) is 17.9 Å². The SMILES string of the molecule is COc1cccc2c1OC(=O)N(C)C2C1CCCC(C)C1O. The molecule has 120 valence electrons. The summed E-state index contributed by atoms with van der Waals surface area (Å²) < 4.78 is 10.8. The molecule has 5 heteroatoms. The van der Waals surface area contributed by atoms with Crippen LogP contribution in [-0.4, -0.2) is 36.4 Å². The van der Waals surface area contributed by atoms with E-state index in [0.717, 1.165) is 24.8 Å². The van der Waals surface area contributed by atoms with Gasteiger partial charge in [0.25, 0.3) is 0 Å². The highest BCUT2D eigenvalue weighted by Gasteiger charge is 2.43. The second kappa shape index (κ2) is 5.80. The topological polar surface area (TPSA) is 59.0 Å². The molecule has 0 bridgehead atoms. The Bertz CT molecular complexity index is 574. The molecule has 0 spiro atoms. The van der Waals surface area contributed by atoms with E-state index in [1.165, 1.54) is 0 Å². The van der Waals surface area contributed by atoms with Crippen LogP contribution in [0, 0.1) is 11.8 Å². The molecular weight excluding hydrogens is 282 g/mol. The van der Waals surface area contributed by atoms with Crippen LogP contribution >= 0.6 is 0 Å². The molecule has 22 heavy (non-hydrogen) atoms. The van der Waals surface area contributed by atoms with Crippen LogP contribution in [0.3, 0.4) is 0 Å². The number of aliphatic hydroxyl groups excluding tert-OH is 1. The lowest BCUT2D eigenvalue weighted by atomic mass is 9.73. The van der Waals surface area contributed by atoms with Crippen LogP contribution in [-0.2, 0) is 0 Å². The van der Waals surface area contributed by atoms with Gasteiger partial charge in [0.15, 0.2) is 11.5 Å². The van der Waals surface area contributed by atoms with Gasteiger partial charge in [-0.2, -0.15) is 0 Å². The molecule has 1 fully saturated rings. The van der Waals surface area contributed by atoms with Gasteiger partial charge in [-0.3, -0.25) is 0 Å². The summed E-state index contributed by atoms with van der Waals surface area (Å²) >= 11 is 0. The number of methoxy groups -OCH3 is 1. The van der Waals surface area contributed by atoms with Crippen molar-refractivity contribution in [2.24, 2.45) is 11.8 Å². The van der Waals surface area contributed by atoms with E-state index < -0.39 is 12.2 Å². The molecule has 4 atom stereocenters. The average Bonchev–Trinajstić information content (AvgIpc) is 2.51. The van der Waals surface area contributed by atoms with Crippen molar-refractivity contribution in [3.63, 3.8) is 0 Å². The third-order valence-corrected chi connectivity index (χ3v) is 5.07. The van der Waals surface area contributed by atoms with Crippen molar-refractivity contribution >= 4 is 6.09 Å². The van der Waals surface area contributed by atoms with E-state index >= 15 is 0 Å². The summed E-state index contributed by atoms with van der Waals surface area (Å²) in [6, 6.07) is 5.46. The highest BCUT2D eigenvalue weighted by Crippen LogP contribution is 2.47. The molecule has 5 nitrogen and oxygen atoms in total. The first-order valence-electron chi connectivity index (χ1n) is 7.84. The number of benzene rings is 1. The van der Waals surface area contributed by atoms with Gasteiger partial charge in [-0.05, 0) is 24.8 Å². The number of para-hydroxylation sites is 1. The van der Waals surface area contributed by atoms with Gasteiger partial charge < -0.3 is 19.5 Å². The van der Waals surface area contributed by atoms with E-state index in [4.69, 9.17) is 9.47 Å². The standard InChI is InChI=1S/C17H23NO4/c1-10-6-4-7-11(15(10)19)14-12-8-5-9-13(21-3)16(12)22-17(20)18(14)2/h5,8-11,14-15,19H,4,6-7H2,1-3H3. The average molecular weight is 305 g/mol. The molecule has 1 aromatic carbocycles. The van der Waals surface area contributed by atoms with Gasteiger partial charge in [-0.15, -0.1) is 0 Å². The van der Waals surface area contributed by atoms with Crippen molar-refractivity contribution in [3.05, 3.63) is 23.8 Å². The largest absolute Gasteiger partial charge is 0.493 e. The predicted molar refractivity (Wildman–Crippen MR) is 82.0 cm³/mol. The Hall–Kier alpha value is -1.75. The number of hydrogen-bond donors (Lipinski definition) is 1. The van der Waals surface area contributed by atoms with Crippen molar-refractivity contribution < 1.29 is 19.4 Å². The van der Waals surface area contributed by atoms with Gasteiger partial charge >= 0.3 is 6.09 Å². The molecule has 0 saturated heterocycles. The summed E-state index contributed by atoms with van der Waals surface area (Å²) in [4.78, 5) is 13.8. The first-order chi connectivity index (χ1) is 10.5. The van der Waals surface area contributed by atoms with Gasteiger partial charge in [0.1, 0.15) is 0 Å². The molecule has 0 aromatic heterocycles. The third kappa shape index (κ3) is 2.33. The van der Waals surface area contributed by atoms with Crippen molar-refractivity contribution in [2.75, 3.05) is 14.2 Å². The minimum Gasteiger partial charge on any atom is -0.493 e. The Morgan fingerprint density at radius 1 is 1.36 bits per heavy atom. The molecule has 1 aliphatic heterocycles. The lowest BCUT2D eigenvalue weighted by Crippen LogP contribution is -2.46. The van der Waals surface area contributed by atoms with Crippen molar-refractivity contribution in [1.82, 2.24) is 4.90 Å². The second-order valence-electron chi connectivity index (χ2n) is 6.36. The van der Waals surface area contributed by atoms with Crippen molar-refractivity contribution in [2.45, 2.75) is 38.3 Å². The molecular formula is C17H23NO4. The maximum atomic E-state index is 12.2. The fourth-order valence-electron chi connectivity index (χ4n) is 3.82. The molecule has 1 heterocycles. The van der Waals surface area contributed by atoms with Crippen LogP contribution < -0.4 is 9.47 Å². The summed E-state index contributed by atoms with van der Waals surface area (Å²) in [6.45, 7) is 2.07. The van der Waals surface area contributed by atoms with E-state index in [0.29, 0.717) is 11.5 Å². The zero-order valence-corrected chi connectivity index (χ0v) is 13.3. The lowest BCUT2D eigenvalue weighted by molar-refractivity contribution is -0.0178. The fourth-order valence-corrected chi connectivity index (χ4v) is 3.82. The minimum atomic E-state index is -0.411. The maximum Gasteiger partial charge on any atom is 0.415 e. The summed E-state index contributed by atoms with van der Waals surface area (Å²) in [5.74, 6) is 1.32. The number of aliphatic hydroxyl groups is 1. The first kappa shape index (κ1) is 15.2. The number of nitrogens with zero attached hydrogens (tertiary/aromatic N) is 1. The molecule has 1 aliphatic carbocycles. The summed E-state index contributed by atoms with van der Waals surface area (Å²) in [5, 5.41) is 10.6. The summed E-state index contributed by atoms with van der Waals surface area (Å²) in [5.41, 5.74) is 0.916. The summed E-state index contributed by atoms with van der Waals surface area (Å²) in [6.07, 6.45) is 2.20. The quantitative estimate of drug-likeness (QED) is 0.912. The Kier molecular flexibility index (Phi) is 4.00. The number of hydrogen-bond acceptors (Lipinski definition) is 4. The number of amides is 1. The Labute approximate surface area is 130 Å². The van der Waals surface area contributed by atoms with Crippen LogP contribution in [0.2, 0.25) is 0 Å². The number of carbonyl (C=O) groups excluding carboxylic acids is 1. The minimum absolute atomic E-state index is 0.0208. The van der Waals surface area contributed by atoms with Gasteiger partial charge in [0, 0.05) is 18.5 Å². The third-order valence-electron chi connectivity index (χ3n) is 5.07. The zero-order chi connectivity index (χ0) is 15.9. The molecule has 4 unspecified atom stereocenters. The van der Waals surface area contributed by atoms with Crippen molar-refractivity contribution in [3.8, 4) is 11.5 Å². The fraction of sp³-hybridized carbons (Fsp3) is 0.588. The number of rotatable bonds is 2. The number of fused-ring (bicyclic) bond motifs is 1. The Morgan fingerprint density at radius 3 is 2.86 bits per heavy atom. The van der Waals surface area contributed by atoms with Crippen LogP contribution in [0.5, 0.6) is 11.5 Å². The predicted octanol–water partition coefficient (Wildman–Crippen LogP) is 2.98. The van der Waals surface area contributed by atoms with Crippen LogP contribution in [0.1, 0.15) is 37.8 Å². The Balaban J connectivity index is 2.05. The Morgan fingerprint density at radius 2 is 2.14 bits per heavy atom. The van der Waals surface area contributed by atoms with E-state index in [1.54, 1.807) is 25.1 Å². The second-order valence-corrected chi connectivity index (χ2v) is 6.36. The molecule has 0 radical (unpaired) electrons. The monoisotopic (exact) mass is 305 g/mol. The van der Waals surface area contributed by atoms with Crippen LogP contribution in [0.25, 0.3) is 0 Å². The molecule has 3 rings (SSSR count). The van der Waals surface area contributed by atoms with Crippen LogP contribution in [0.4, 0.5) is 4.79 Å². The zero-order valence-electron chi connectivity index (χ0n) is 13.3. The van der Waals surface area contributed by atoms with Crippen LogP contribution in [0.15, 0.2) is 18.2 Å². The van der Waals surface area contributed by atoms with Gasteiger partial charge in [0.2, 0.25) is 0 Å². The van der Waals surface area contributed by atoms with E-state index in [1.807, 2.05) is 12.1 Å².